The van der Waals surface area contributed by atoms with Gasteiger partial charge in [-0.3, -0.25) is 9.88 Å². The van der Waals surface area contributed by atoms with Crippen LogP contribution in [0.2, 0.25) is 0 Å². The molecule has 0 spiro atoms. The molecule has 0 unspecified atom stereocenters. The van der Waals surface area contributed by atoms with E-state index in [1.165, 1.54) is 37.9 Å². The summed E-state index contributed by atoms with van der Waals surface area (Å²) in [5.74, 6) is 1.23. The zero-order chi connectivity index (χ0) is 15.8. The summed E-state index contributed by atoms with van der Waals surface area (Å²) in [6, 6.07) is 15.1. The minimum Gasteiger partial charge on any atom is -0.397 e. The van der Waals surface area contributed by atoms with Crippen molar-refractivity contribution in [1.82, 2.24) is 9.88 Å². The molecule has 3 aliphatic heterocycles. The third-order valence-electron chi connectivity index (χ3n) is 5.73. The van der Waals surface area contributed by atoms with Crippen LogP contribution in [0.3, 0.4) is 0 Å². The molecule has 3 aliphatic rings. The van der Waals surface area contributed by atoms with Gasteiger partial charge in [-0.05, 0) is 50.4 Å². The number of hydrogen-bond acceptors (Lipinski definition) is 3. The lowest BCUT2D eigenvalue weighted by atomic mass is 9.71. The number of rotatable bonds is 3. The van der Waals surface area contributed by atoms with Crippen molar-refractivity contribution in [1.29, 1.82) is 0 Å². The van der Waals surface area contributed by atoms with Crippen molar-refractivity contribution in [3.05, 3.63) is 48.2 Å². The number of piperidine rings is 3. The summed E-state index contributed by atoms with van der Waals surface area (Å²) in [7, 11) is 0. The SMILES string of the molecule is CC[C@@H]1[C@@H](c2nc(-c3ccccc3)ccc2N)C2CCN1CC2. The predicted octanol–water partition coefficient (Wildman–Crippen LogP) is 3.92. The van der Waals surface area contributed by atoms with Gasteiger partial charge >= 0.3 is 0 Å². The first-order valence-electron chi connectivity index (χ1n) is 8.84. The molecule has 4 heterocycles. The van der Waals surface area contributed by atoms with Gasteiger partial charge < -0.3 is 5.73 Å². The highest BCUT2D eigenvalue weighted by Crippen LogP contribution is 2.45. The molecule has 2 atom stereocenters. The predicted molar refractivity (Wildman–Crippen MR) is 95.2 cm³/mol. The Bertz CT molecular complexity index is 675. The van der Waals surface area contributed by atoms with Gasteiger partial charge in [0.05, 0.1) is 17.1 Å². The van der Waals surface area contributed by atoms with Crippen molar-refractivity contribution in [2.24, 2.45) is 5.92 Å². The monoisotopic (exact) mass is 307 g/mol. The molecular formula is C20H25N3. The second kappa shape index (κ2) is 5.97. The third-order valence-corrected chi connectivity index (χ3v) is 5.73. The molecule has 1 aromatic carbocycles. The summed E-state index contributed by atoms with van der Waals surface area (Å²) >= 11 is 0. The highest BCUT2D eigenvalue weighted by molar-refractivity contribution is 5.62. The lowest BCUT2D eigenvalue weighted by molar-refractivity contribution is 0.0225. The summed E-state index contributed by atoms with van der Waals surface area (Å²) in [5, 5.41) is 0. The highest BCUT2D eigenvalue weighted by Gasteiger charge is 2.43. The van der Waals surface area contributed by atoms with E-state index >= 15 is 0 Å². The number of nitrogens with two attached hydrogens (primary N) is 1. The molecule has 120 valence electrons. The van der Waals surface area contributed by atoms with Crippen LogP contribution in [0.5, 0.6) is 0 Å². The standard InChI is InChI=1S/C20H25N3/c1-2-18-19(15-10-12-23(18)13-11-15)20-16(21)8-9-17(22-20)14-6-4-3-5-7-14/h3-9,15,18-19H,2,10-13,21H2,1H3/t18-,19+/m1/s1. The van der Waals surface area contributed by atoms with Crippen LogP contribution in [-0.2, 0) is 0 Å². The first-order chi connectivity index (χ1) is 11.3. The van der Waals surface area contributed by atoms with Crippen molar-refractivity contribution in [2.45, 2.75) is 38.1 Å². The number of nitrogens with zero attached hydrogens (tertiary/aromatic N) is 2. The number of fused-ring (bicyclic) bond motifs is 3. The summed E-state index contributed by atoms with van der Waals surface area (Å²) < 4.78 is 0. The van der Waals surface area contributed by atoms with Gasteiger partial charge in [-0.15, -0.1) is 0 Å². The van der Waals surface area contributed by atoms with Gasteiger partial charge in [0.1, 0.15) is 0 Å². The summed E-state index contributed by atoms with van der Waals surface area (Å²) in [6.07, 6.45) is 3.76. The van der Waals surface area contributed by atoms with Gasteiger partial charge in [0, 0.05) is 17.5 Å². The molecule has 3 fully saturated rings. The maximum Gasteiger partial charge on any atom is 0.0707 e. The largest absolute Gasteiger partial charge is 0.397 e. The Morgan fingerprint density at radius 2 is 1.83 bits per heavy atom. The molecule has 0 radical (unpaired) electrons. The molecule has 3 saturated heterocycles. The van der Waals surface area contributed by atoms with E-state index in [1.54, 1.807) is 0 Å². The number of nitrogen functional groups attached to an aromatic ring is 1. The van der Waals surface area contributed by atoms with E-state index < -0.39 is 0 Å². The molecule has 2 bridgehead atoms. The average molecular weight is 307 g/mol. The quantitative estimate of drug-likeness (QED) is 0.934. The molecule has 0 aliphatic carbocycles. The number of anilines is 1. The fraction of sp³-hybridized carbons (Fsp3) is 0.450. The average Bonchev–Trinajstić information content (AvgIpc) is 2.63. The van der Waals surface area contributed by atoms with E-state index in [-0.39, 0.29) is 0 Å². The molecule has 3 nitrogen and oxygen atoms in total. The van der Waals surface area contributed by atoms with Gasteiger partial charge in [-0.2, -0.15) is 0 Å². The Morgan fingerprint density at radius 3 is 2.52 bits per heavy atom. The zero-order valence-corrected chi connectivity index (χ0v) is 13.8. The lowest BCUT2D eigenvalue weighted by Gasteiger charge is -2.51. The molecule has 2 aromatic rings. The molecule has 0 saturated carbocycles. The van der Waals surface area contributed by atoms with Crippen LogP contribution < -0.4 is 5.73 Å². The van der Waals surface area contributed by atoms with Crippen LogP contribution in [0.1, 0.15) is 37.8 Å². The van der Waals surface area contributed by atoms with Crippen molar-refractivity contribution in [2.75, 3.05) is 18.8 Å². The topological polar surface area (TPSA) is 42.1 Å². The Hall–Kier alpha value is -1.87. The van der Waals surface area contributed by atoms with E-state index in [1.807, 2.05) is 6.07 Å². The Morgan fingerprint density at radius 1 is 1.09 bits per heavy atom. The van der Waals surface area contributed by atoms with Gasteiger partial charge in [0.15, 0.2) is 0 Å². The zero-order valence-electron chi connectivity index (χ0n) is 13.8. The van der Waals surface area contributed by atoms with Crippen LogP contribution in [0.15, 0.2) is 42.5 Å². The summed E-state index contributed by atoms with van der Waals surface area (Å²) in [6.45, 7) is 4.80. The van der Waals surface area contributed by atoms with E-state index in [9.17, 15) is 0 Å². The molecule has 2 N–H and O–H groups in total. The first-order valence-corrected chi connectivity index (χ1v) is 8.84. The van der Waals surface area contributed by atoms with Crippen molar-refractivity contribution >= 4 is 5.69 Å². The molecule has 0 amide bonds. The van der Waals surface area contributed by atoms with Crippen LogP contribution >= 0.6 is 0 Å². The normalized spacial score (nSPS) is 29.6. The van der Waals surface area contributed by atoms with Crippen LogP contribution in [0.25, 0.3) is 11.3 Å². The van der Waals surface area contributed by atoms with Crippen LogP contribution in [0.4, 0.5) is 5.69 Å². The number of benzene rings is 1. The fourth-order valence-corrected chi connectivity index (χ4v) is 4.59. The number of aromatic nitrogens is 1. The second-order valence-corrected chi connectivity index (χ2v) is 6.91. The summed E-state index contributed by atoms with van der Waals surface area (Å²) in [4.78, 5) is 7.69. The minimum atomic E-state index is 0.492. The molecular weight excluding hydrogens is 282 g/mol. The van der Waals surface area contributed by atoms with Crippen molar-refractivity contribution in [3.8, 4) is 11.3 Å². The summed E-state index contributed by atoms with van der Waals surface area (Å²) in [5.41, 5.74) is 10.6. The van der Waals surface area contributed by atoms with Gasteiger partial charge in [-0.25, -0.2) is 0 Å². The fourth-order valence-electron chi connectivity index (χ4n) is 4.59. The van der Waals surface area contributed by atoms with Gasteiger partial charge in [0.25, 0.3) is 0 Å². The van der Waals surface area contributed by atoms with Gasteiger partial charge in [-0.1, -0.05) is 37.3 Å². The first kappa shape index (κ1) is 14.7. The van der Waals surface area contributed by atoms with E-state index in [2.05, 4.69) is 48.2 Å². The molecule has 23 heavy (non-hydrogen) atoms. The lowest BCUT2D eigenvalue weighted by Crippen LogP contribution is -2.53. The van der Waals surface area contributed by atoms with E-state index in [0.29, 0.717) is 12.0 Å². The third kappa shape index (κ3) is 2.53. The molecule has 1 aromatic heterocycles. The number of pyridine rings is 1. The van der Waals surface area contributed by atoms with E-state index in [0.717, 1.165) is 23.0 Å². The minimum absolute atomic E-state index is 0.492. The van der Waals surface area contributed by atoms with Crippen molar-refractivity contribution < 1.29 is 0 Å². The second-order valence-electron chi connectivity index (χ2n) is 6.91. The molecule has 3 heteroatoms. The maximum atomic E-state index is 6.37. The smallest absolute Gasteiger partial charge is 0.0707 e. The molecule has 5 rings (SSSR count). The Balaban J connectivity index is 1.76. The van der Waals surface area contributed by atoms with E-state index in [4.69, 9.17) is 10.7 Å². The Kier molecular flexibility index (Phi) is 3.82. The Labute approximate surface area is 138 Å². The maximum absolute atomic E-state index is 6.37. The van der Waals surface area contributed by atoms with Gasteiger partial charge in [0.2, 0.25) is 0 Å². The number of hydrogen-bond donors (Lipinski definition) is 1. The van der Waals surface area contributed by atoms with Crippen LogP contribution in [0, 0.1) is 5.92 Å². The van der Waals surface area contributed by atoms with Crippen LogP contribution in [-0.4, -0.2) is 29.0 Å². The van der Waals surface area contributed by atoms with Crippen molar-refractivity contribution in [3.63, 3.8) is 0 Å². The highest BCUT2D eigenvalue weighted by atomic mass is 15.2.